The number of nitrogens with zero attached hydrogens (tertiary/aromatic N) is 2. The van der Waals surface area contributed by atoms with Crippen LogP contribution in [0.5, 0.6) is 0 Å². The van der Waals surface area contributed by atoms with Gasteiger partial charge in [-0.15, -0.1) is 0 Å². The molecule has 0 saturated carbocycles. The molecule has 0 bridgehead atoms. The average molecular weight is 268 g/mol. The minimum absolute atomic E-state index is 0.131. The lowest BCUT2D eigenvalue weighted by Crippen LogP contribution is -1.94. The number of nitro groups is 1. The van der Waals surface area contributed by atoms with E-state index in [1.165, 1.54) is 12.1 Å². The van der Waals surface area contributed by atoms with Gasteiger partial charge in [-0.1, -0.05) is 23.7 Å². The molecule has 94 valence electrons. The predicted octanol–water partition coefficient (Wildman–Crippen LogP) is 3.05. The first-order chi connectivity index (χ1) is 8.54. The van der Waals surface area contributed by atoms with Crippen LogP contribution in [0.15, 0.2) is 22.7 Å². The van der Waals surface area contributed by atoms with Crippen LogP contribution in [-0.2, 0) is 6.42 Å². The van der Waals surface area contributed by atoms with Crippen LogP contribution >= 0.6 is 11.6 Å². The summed E-state index contributed by atoms with van der Waals surface area (Å²) in [5.41, 5.74) is 6.49. The minimum atomic E-state index is -0.515. The number of hydrogen-bond acceptors (Lipinski definition) is 5. The highest BCUT2D eigenvalue weighted by Gasteiger charge is 2.23. The summed E-state index contributed by atoms with van der Waals surface area (Å²) in [5.74, 6) is 0.565. The van der Waals surface area contributed by atoms with Gasteiger partial charge in [-0.25, -0.2) is 0 Å². The summed E-state index contributed by atoms with van der Waals surface area (Å²) < 4.78 is 5.08. The van der Waals surface area contributed by atoms with E-state index in [0.29, 0.717) is 23.3 Å². The molecule has 0 aliphatic carbocycles. The van der Waals surface area contributed by atoms with Gasteiger partial charge in [0.2, 0.25) is 0 Å². The van der Waals surface area contributed by atoms with Crippen molar-refractivity contribution in [2.45, 2.75) is 13.3 Å². The van der Waals surface area contributed by atoms with Gasteiger partial charge in [0.05, 0.1) is 10.5 Å². The van der Waals surface area contributed by atoms with E-state index in [2.05, 4.69) is 5.16 Å². The molecule has 0 aliphatic rings. The number of benzene rings is 1. The lowest BCUT2D eigenvalue weighted by molar-refractivity contribution is -0.384. The van der Waals surface area contributed by atoms with Crippen molar-refractivity contribution < 1.29 is 9.45 Å². The Morgan fingerprint density at radius 3 is 2.89 bits per heavy atom. The summed E-state index contributed by atoms with van der Waals surface area (Å²) in [7, 11) is 0. The van der Waals surface area contributed by atoms with Crippen LogP contribution in [0.2, 0.25) is 5.02 Å². The molecule has 6 nitrogen and oxygen atoms in total. The standard InChI is InChI=1S/C11H10ClN3O3/c1-2-7-10(18-14-11(7)13)8-4-3-6(12)5-9(8)15(16)17/h3-5H,2H2,1H3,(H2,13,14). The van der Waals surface area contributed by atoms with Crippen molar-refractivity contribution >= 4 is 23.1 Å². The van der Waals surface area contributed by atoms with Gasteiger partial charge in [0.1, 0.15) is 0 Å². The monoisotopic (exact) mass is 267 g/mol. The molecule has 0 fully saturated rings. The van der Waals surface area contributed by atoms with Crippen LogP contribution in [0.4, 0.5) is 11.5 Å². The first-order valence-electron chi connectivity index (χ1n) is 5.23. The Bertz CT molecular complexity index is 610. The molecule has 2 N–H and O–H groups in total. The molecule has 2 rings (SSSR count). The molecule has 1 aromatic carbocycles. The number of rotatable bonds is 3. The first kappa shape index (κ1) is 12.4. The van der Waals surface area contributed by atoms with Crippen LogP contribution in [0.3, 0.4) is 0 Å². The fourth-order valence-corrected chi connectivity index (χ4v) is 1.89. The second-order valence-electron chi connectivity index (χ2n) is 3.65. The molecule has 7 heteroatoms. The van der Waals surface area contributed by atoms with E-state index in [0.717, 1.165) is 0 Å². The smallest absolute Gasteiger partial charge is 0.281 e. The highest BCUT2D eigenvalue weighted by molar-refractivity contribution is 6.30. The Morgan fingerprint density at radius 2 is 2.28 bits per heavy atom. The van der Waals surface area contributed by atoms with E-state index in [9.17, 15) is 10.1 Å². The van der Waals surface area contributed by atoms with Crippen LogP contribution in [0.25, 0.3) is 11.3 Å². The molecule has 0 radical (unpaired) electrons. The van der Waals surface area contributed by atoms with Crippen molar-refractivity contribution in [2.75, 3.05) is 5.73 Å². The summed E-state index contributed by atoms with van der Waals surface area (Å²) in [6.07, 6.45) is 0.574. The number of anilines is 1. The molecule has 0 unspecified atom stereocenters. The molecular formula is C11H10ClN3O3. The Kier molecular flexibility index (Phi) is 3.20. The number of nitrogen functional groups attached to an aromatic ring is 1. The van der Waals surface area contributed by atoms with Crippen LogP contribution < -0.4 is 5.73 Å². The van der Waals surface area contributed by atoms with Gasteiger partial charge in [0.15, 0.2) is 11.6 Å². The molecule has 1 heterocycles. The quantitative estimate of drug-likeness (QED) is 0.681. The average Bonchev–Trinajstić information content (AvgIpc) is 2.70. The van der Waals surface area contributed by atoms with Crippen molar-refractivity contribution in [3.63, 3.8) is 0 Å². The molecule has 0 atom stereocenters. The zero-order valence-corrected chi connectivity index (χ0v) is 10.3. The summed E-state index contributed by atoms with van der Waals surface area (Å²) in [4.78, 5) is 10.5. The Morgan fingerprint density at radius 1 is 1.56 bits per heavy atom. The summed E-state index contributed by atoms with van der Waals surface area (Å²) in [6.45, 7) is 1.87. The van der Waals surface area contributed by atoms with Crippen LogP contribution in [0, 0.1) is 10.1 Å². The summed E-state index contributed by atoms with van der Waals surface area (Å²) >= 11 is 5.75. The normalized spacial score (nSPS) is 10.6. The molecule has 1 aromatic heterocycles. The Balaban J connectivity index is 2.67. The fraction of sp³-hybridized carbons (Fsp3) is 0.182. The maximum absolute atomic E-state index is 11.0. The third kappa shape index (κ3) is 2.02. The zero-order chi connectivity index (χ0) is 13.3. The fourth-order valence-electron chi connectivity index (χ4n) is 1.72. The number of aromatic nitrogens is 1. The lowest BCUT2D eigenvalue weighted by atomic mass is 10.1. The van der Waals surface area contributed by atoms with E-state index in [1.54, 1.807) is 6.07 Å². The maximum atomic E-state index is 11.0. The van der Waals surface area contributed by atoms with Gasteiger partial charge >= 0.3 is 0 Å². The van der Waals surface area contributed by atoms with E-state index in [1.807, 2.05) is 6.92 Å². The number of nitro benzene ring substituents is 1. The molecule has 0 spiro atoms. The topological polar surface area (TPSA) is 95.2 Å². The number of halogens is 1. The second kappa shape index (κ2) is 4.66. The minimum Gasteiger partial charge on any atom is -0.381 e. The van der Waals surface area contributed by atoms with Crippen molar-refractivity contribution in [3.8, 4) is 11.3 Å². The molecule has 0 saturated heterocycles. The van der Waals surface area contributed by atoms with Gasteiger partial charge < -0.3 is 10.3 Å². The number of hydrogen-bond donors (Lipinski definition) is 1. The van der Waals surface area contributed by atoms with Crippen molar-refractivity contribution in [3.05, 3.63) is 38.9 Å². The highest BCUT2D eigenvalue weighted by Crippen LogP contribution is 2.36. The number of nitrogens with two attached hydrogens (primary N) is 1. The molecule has 0 amide bonds. The molecule has 2 aromatic rings. The molecule has 18 heavy (non-hydrogen) atoms. The van der Waals surface area contributed by atoms with Crippen LogP contribution in [-0.4, -0.2) is 10.1 Å². The molecule has 0 aliphatic heterocycles. The van der Waals surface area contributed by atoms with E-state index < -0.39 is 4.92 Å². The van der Waals surface area contributed by atoms with Gasteiger partial charge in [0.25, 0.3) is 5.69 Å². The van der Waals surface area contributed by atoms with Gasteiger partial charge in [-0.05, 0) is 18.6 Å². The van der Waals surface area contributed by atoms with E-state index in [4.69, 9.17) is 21.9 Å². The summed E-state index contributed by atoms with van der Waals surface area (Å²) in [6, 6.07) is 4.36. The van der Waals surface area contributed by atoms with E-state index >= 15 is 0 Å². The van der Waals surface area contributed by atoms with Crippen molar-refractivity contribution in [1.82, 2.24) is 5.16 Å². The largest absolute Gasteiger partial charge is 0.381 e. The predicted molar refractivity (Wildman–Crippen MR) is 67.4 cm³/mol. The zero-order valence-electron chi connectivity index (χ0n) is 9.51. The second-order valence-corrected chi connectivity index (χ2v) is 4.08. The van der Waals surface area contributed by atoms with Gasteiger partial charge in [-0.3, -0.25) is 10.1 Å². The van der Waals surface area contributed by atoms with Gasteiger partial charge in [0, 0.05) is 16.7 Å². The molecular weight excluding hydrogens is 258 g/mol. The van der Waals surface area contributed by atoms with E-state index in [-0.39, 0.29) is 16.5 Å². The Labute approximate surface area is 107 Å². The maximum Gasteiger partial charge on any atom is 0.281 e. The highest BCUT2D eigenvalue weighted by atomic mass is 35.5. The van der Waals surface area contributed by atoms with Gasteiger partial charge in [-0.2, -0.15) is 0 Å². The van der Waals surface area contributed by atoms with Crippen molar-refractivity contribution in [1.29, 1.82) is 0 Å². The van der Waals surface area contributed by atoms with Crippen LogP contribution in [0.1, 0.15) is 12.5 Å². The Hall–Kier alpha value is -2.08. The first-order valence-corrected chi connectivity index (χ1v) is 5.60. The lowest BCUT2D eigenvalue weighted by Gasteiger charge is -2.01. The van der Waals surface area contributed by atoms with Crippen molar-refractivity contribution in [2.24, 2.45) is 0 Å². The SMILES string of the molecule is CCc1c(N)noc1-c1ccc(Cl)cc1[N+](=O)[O-]. The summed E-state index contributed by atoms with van der Waals surface area (Å²) in [5, 5.41) is 14.9. The third-order valence-corrected chi connectivity index (χ3v) is 2.81. The third-order valence-electron chi connectivity index (χ3n) is 2.57.